The summed E-state index contributed by atoms with van der Waals surface area (Å²) < 4.78 is 67.5. The summed E-state index contributed by atoms with van der Waals surface area (Å²) in [7, 11) is 4.67. The van der Waals surface area contributed by atoms with E-state index in [0.29, 0.717) is 5.66 Å². The molecule has 0 N–H and O–H groups in total. The Hall–Kier alpha value is -1.92. The van der Waals surface area contributed by atoms with Crippen LogP contribution in [0.2, 0.25) is 0 Å². The van der Waals surface area contributed by atoms with E-state index in [1.165, 1.54) is 47.5 Å². The van der Waals surface area contributed by atoms with Crippen LogP contribution in [0.15, 0.2) is 24.3 Å². The Morgan fingerprint density at radius 2 is 0.733 bits per heavy atom. The topological polar surface area (TPSA) is 179 Å². The summed E-state index contributed by atoms with van der Waals surface area (Å²) in [6, 6.07) is 10.1. The van der Waals surface area contributed by atoms with Crippen LogP contribution in [-0.2, 0) is 116 Å². The first-order valence-corrected chi connectivity index (χ1v) is 18.8. The van der Waals surface area contributed by atoms with E-state index in [4.69, 9.17) is 41.9 Å². The van der Waals surface area contributed by atoms with Gasteiger partial charge in [0.05, 0.1) is 0 Å². The second-order valence-corrected chi connectivity index (χ2v) is 20.7. The maximum Gasteiger partial charge on any atom is 0 e. The van der Waals surface area contributed by atoms with Gasteiger partial charge in [-0.3, -0.25) is 0 Å². The fourth-order valence-electron chi connectivity index (χ4n) is 6.20. The van der Waals surface area contributed by atoms with E-state index in [9.17, 15) is 0 Å². The number of hydrogen-bond donors (Lipinski definition) is 0. The predicted molar refractivity (Wildman–Crippen MR) is 223 cm³/mol. The first-order valence-electron chi connectivity index (χ1n) is 17.2. The summed E-state index contributed by atoms with van der Waals surface area (Å²) in [6.45, 7) is 81.1. The fourth-order valence-corrected chi connectivity index (χ4v) is 8.71. The molecule has 3 rings (SSSR count). The number of hydrogen-bond acceptors (Lipinski definition) is 0. The molecular weight excluding hydrogens is 1140 g/mol. The molecule has 2 atom stereocenters. The molecule has 0 radical (unpaired) electrons. The molecule has 2 aromatic carbocycles. The van der Waals surface area contributed by atoms with E-state index in [1.54, 1.807) is 16.7 Å². The van der Waals surface area contributed by atoms with Crippen LogP contribution in [0.4, 0.5) is 0 Å². The van der Waals surface area contributed by atoms with Gasteiger partial charge in [-0.1, -0.05) is 150 Å². The molecule has 2 aromatic rings. The van der Waals surface area contributed by atoms with Crippen molar-refractivity contribution in [1.82, 2.24) is 0 Å². The second-order valence-electron chi connectivity index (χ2n) is 18.3. The SMILES string of the molecule is CC(C)(C)c1cc(C(C)(C)C)c(C(P)=PC2CC(C)(C)c3cc(C(C)(C)C)cc(C(C)(C)C)c32)c(C(C)(C)C)c1.[C-]#[O+].[C-]#[O+].[C-]#[O+].[C-]#[O+].[C-]#[O+].[C-]#[O+].[C-]#[O+].[C-]#[O+].[C-]#[O+].[W].[W]. The minimum Gasteiger partial charge on any atom is 0 e. The molecule has 0 saturated carbocycles. The van der Waals surface area contributed by atoms with Crippen molar-refractivity contribution in [3.63, 3.8) is 0 Å². The Kier molecular flexibility index (Phi) is 47.9. The molecule has 2 unspecified atom stereocenters. The molecule has 324 valence electrons. The number of fused-ring (bicyclic) bond motifs is 1. The normalized spacial score (nSPS) is 12.8. The van der Waals surface area contributed by atoms with Gasteiger partial charge >= 0.3 is 102 Å². The van der Waals surface area contributed by atoms with Crippen molar-refractivity contribution in [1.29, 1.82) is 0 Å². The minimum atomic E-state index is 0. The third-order valence-corrected chi connectivity index (χ3v) is 10.8. The van der Waals surface area contributed by atoms with Crippen molar-refractivity contribution in [3.05, 3.63) is 129 Å². The Balaban J connectivity index is -0.000000164. The molecule has 0 aliphatic heterocycles. The second kappa shape index (κ2) is 36.5. The molecule has 1 aliphatic carbocycles. The maximum absolute atomic E-state index is 7.50. The van der Waals surface area contributed by atoms with Crippen LogP contribution in [0.3, 0.4) is 0 Å². The standard InChI is InChI=1S/C38H60P2.9CO.2W/c1-33(2,3)23-19-26(36(10,11)12)31(27(20-23)37(13,14)15)32(39)40-29-22-38(16,17)28-21-24(34(4,5)6)18-25(30(28)29)35(7,8)9;9*1-2;;/h18-21,29H,22,39H2,1-17H3;;;;;;;;;;;. The molecule has 0 heterocycles. The first kappa shape index (κ1) is 78.6. The van der Waals surface area contributed by atoms with E-state index >= 15 is 0 Å². The van der Waals surface area contributed by atoms with Gasteiger partial charge < -0.3 is 0 Å². The van der Waals surface area contributed by atoms with Gasteiger partial charge in [0.2, 0.25) is 0 Å². The first-order chi connectivity index (χ1) is 26.7. The van der Waals surface area contributed by atoms with Gasteiger partial charge in [0.25, 0.3) is 0 Å². The molecule has 1 aliphatic rings. The average Bonchev–Trinajstić information content (AvgIpc) is 3.44. The maximum atomic E-state index is 7.50. The van der Waals surface area contributed by atoms with Crippen molar-refractivity contribution in [2.45, 2.75) is 162 Å². The van der Waals surface area contributed by atoms with Gasteiger partial charge in [-0.15, -0.1) is 9.24 Å². The van der Waals surface area contributed by atoms with Gasteiger partial charge in [-0.25, -0.2) is 0 Å². The van der Waals surface area contributed by atoms with Crippen LogP contribution in [0, 0.1) is 59.9 Å². The Morgan fingerprint density at radius 1 is 0.483 bits per heavy atom. The summed E-state index contributed by atoms with van der Waals surface area (Å²) in [6.07, 6.45) is 1.19. The smallest absolute Gasteiger partial charge is 0 e. The van der Waals surface area contributed by atoms with Crippen LogP contribution in [0.5, 0.6) is 0 Å². The Morgan fingerprint density at radius 3 is 0.983 bits per heavy atom. The monoisotopic (exact) mass is 1200 g/mol. The molecular formula is C47H60O9P2W2. The van der Waals surface area contributed by atoms with E-state index < -0.39 is 0 Å². The van der Waals surface area contributed by atoms with Gasteiger partial charge in [0, 0.05) is 52.8 Å². The molecule has 0 aromatic heterocycles. The quantitative estimate of drug-likeness (QED) is 0.158. The van der Waals surface area contributed by atoms with Gasteiger partial charge in [0.15, 0.2) is 0 Å². The van der Waals surface area contributed by atoms with Crippen molar-refractivity contribution in [2.24, 2.45) is 0 Å². The predicted octanol–water partition coefficient (Wildman–Crippen LogP) is 11.6. The average molecular weight is 1200 g/mol. The zero-order valence-corrected chi connectivity index (χ0v) is 46.0. The zero-order valence-electron chi connectivity index (χ0n) is 38.1. The summed E-state index contributed by atoms with van der Waals surface area (Å²) in [5.74, 6) is 0. The van der Waals surface area contributed by atoms with Crippen LogP contribution in [0.1, 0.15) is 174 Å². The molecule has 0 amide bonds. The Labute approximate surface area is 395 Å². The zero-order chi connectivity index (χ0) is 49.0. The molecule has 60 heavy (non-hydrogen) atoms. The van der Waals surface area contributed by atoms with Crippen molar-refractivity contribution >= 4 is 22.5 Å². The number of rotatable bonds is 2. The van der Waals surface area contributed by atoms with Crippen molar-refractivity contribution in [3.8, 4) is 0 Å². The molecule has 0 bridgehead atoms. The van der Waals surface area contributed by atoms with Crippen molar-refractivity contribution < 1.29 is 84.0 Å². The minimum absolute atomic E-state index is 0. The van der Waals surface area contributed by atoms with Gasteiger partial charge in [-0.2, -0.15) is 0 Å². The van der Waals surface area contributed by atoms with E-state index in [1.807, 2.05) is 0 Å². The largest absolute Gasteiger partial charge is 0 e. The van der Waals surface area contributed by atoms with Crippen LogP contribution >= 0.6 is 17.4 Å². The molecule has 0 spiro atoms. The van der Waals surface area contributed by atoms with E-state index in [2.05, 4.69) is 211 Å². The summed E-state index contributed by atoms with van der Waals surface area (Å²) in [5.41, 5.74) is 13.2. The summed E-state index contributed by atoms with van der Waals surface area (Å²) in [5, 5.41) is 1.45. The third kappa shape index (κ3) is 24.6. The van der Waals surface area contributed by atoms with Crippen LogP contribution < -0.4 is 0 Å². The summed E-state index contributed by atoms with van der Waals surface area (Å²) >= 11 is 0. The van der Waals surface area contributed by atoms with E-state index in [0.717, 1.165) is 0 Å². The van der Waals surface area contributed by atoms with Crippen LogP contribution in [-0.4, -0.2) is 5.03 Å². The number of benzene rings is 2. The molecule has 0 fully saturated rings. The van der Waals surface area contributed by atoms with Crippen molar-refractivity contribution in [2.75, 3.05) is 0 Å². The summed E-state index contributed by atoms with van der Waals surface area (Å²) in [4.78, 5) is 0. The molecule has 0 saturated heterocycles. The van der Waals surface area contributed by atoms with Crippen LogP contribution in [0.25, 0.3) is 0 Å². The molecule has 9 nitrogen and oxygen atoms in total. The molecule has 13 heteroatoms. The van der Waals surface area contributed by atoms with E-state index in [-0.39, 0.29) is 74.6 Å². The third-order valence-electron chi connectivity index (χ3n) is 8.79. The fraction of sp³-hybridized carbons (Fsp3) is 0.532. The Bertz CT molecular complexity index is 1630. The van der Waals surface area contributed by atoms with Gasteiger partial charge in [-0.05, 0) is 83.4 Å². The van der Waals surface area contributed by atoms with Gasteiger partial charge in [0.1, 0.15) is 0 Å².